The molecular formula is C26H38N2O6S. The number of unbranched alkanes of at least 4 members (excludes halogenated alkanes) is 1. The van der Waals surface area contributed by atoms with Crippen molar-refractivity contribution in [2.24, 2.45) is 0 Å². The van der Waals surface area contributed by atoms with Crippen LogP contribution in [0.2, 0.25) is 0 Å². The van der Waals surface area contributed by atoms with E-state index in [0.717, 1.165) is 36.8 Å². The van der Waals surface area contributed by atoms with Gasteiger partial charge in [-0.1, -0.05) is 57.0 Å². The fourth-order valence-corrected chi connectivity index (χ4v) is 7.00. The third-order valence-electron chi connectivity index (χ3n) is 6.84. The van der Waals surface area contributed by atoms with Gasteiger partial charge >= 0.3 is 5.97 Å². The minimum atomic E-state index is -3.19. The summed E-state index contributed by atoms with van der Waals surface area (Å²) in [6.45, 7) is 3.73. The molecule has 0 saturated heterocycles. The maximum absolute atomic E-state index is 11.5. The van der Waals surface area contributed by atoms with Crippen LogP contribution in [0.25, 0.3) is 0 Å². The molecule has 8 nitrogen and oxygen atoms in total. The van der Waals surface area contributed by atoms with E-state index in [4.69, 9.17) is 4.74 Å². The minimum Gasteiger partial charge on any atom is -0.496 e. The van der Waals surface area contributed by atoms with E-state index in [9.17, 15) is 24.1 Å². The minimum absolute atomic E-state index is 0.0850. The van der Waals surface area contributed by atoms with Crippen LogP contribution in [0.15, 0.2) is 47.4 Å². The molecule has 1 aliphatic heterocycles. The van der Waals surface area contributed by atoms with Crippen LogP contribution < -0.4 is 15.4 Å². The maximum atomic E-state index is 11.5. The molecule has 3 rings (SSSR count). The Morgan fingerprint density at radius 3 is 2.54 bits per heavy atom. The molecule has 1 aliphatic rings. The van der Waals surface area contributed by atoms with Gasteiger partial charge in [0.1, 0.15) is 11.8 Å². The molecule has 0 fully saturated rings. The molecule has 1 heterocycles. The van der Waals surface area contributed by atoms with Crippen LogP contribution in [0.4, 0.5) is 0 Å². The molecule has 0 bridgehead atoms. The van der Waals surface area contributed by atoms with Crippen LogP contribution in [0.5, 0.6) is 5.75 Å². The van der Waals surface area contributed by atoms with Crippen LogP contribution in [0, 0.1) is 0 Å². The molecule has 0 amide bonds. The third-order valence-corrected chi connectivity index (χ3v) is 8.86. The Morgan fingerprint density at radius 2 is 1.97 bits per heavy atom. The number of carboxylic acids is 1. The lowest BCUT2D eigenvalue weighted by atomic mass is 9.88. The first-order chi connectivity index (χ1) is 16.7. The highest BCUT2D eigenvalue weighted by molar-refractivity contribution is 8.24. The number of carbonyl (C=O) groups is 1. The van der Waals surface area contributed by atoms with E-state index in [1.54, 1.807) is 6.07 Å². The summed E-state index contributed by atoms with van der Waals surface area (Å²) >= 11 is 0. The van der Waals surface area contributed by atoms with Crippen molar-refractivity contribution in [3.63, 3.8) is 0 Å². The monoisotopic (exact) mass is 506 g/mol. The highest BCUT2D eigenvalue weighted by Gasteiger charge is 2.42. The van der Waals surface area contributed by atoms with Gasteiger partial charge in [0.15, 0.2) is 0 Å². The smallest absolute Gasteiger partial charge is 0.323 e. The van der Waals surface area contributed by atoms with E-state index in [2.05, 4.69) is 24.5 Å². The maximum Gasteiger partial charge on any atom is 0.323 e. The molecule has 0 radical (unpaired) electrons. The van der Waals surface area contributed by atoms with Gasteiger partial charge in [0, 0.05) is 23.2 Å². The van der Waals surface area contributed by atoms with Crippen LogP contribution in [0.3, 0.4) is 0 Å². The molecule has 0 spiro atoms. The molecule has 6 N–H and O–H groups in total. The molecule has 35 heavy (non-hydrogen) atoms. The average Bonchev–Trinajstić information content (AvgIpc) is 2.95. The topological polar surface area (TPSA) is 131 Å². The number of hydrogen-bond donors (Lipinski definition) is 6. The summed E-state index contributed by atoms with van der Waals surface area (Å²) < 4.78 is 28.7. The second-order valence-corrected chi connectivity index (χ2v) is 11.3. The van der Waals surface area contributed by atoms with E-state index in [1.807, 2.05) is 36.4 Å². The van der Waals surface area contributed by atoms with E-state index >= 15 is 0 Å². The lowest BCUT2D eigenvalue weighted by molar-refractivity contribution is -0.140. The molecule has 0 unspecified atom stereocenters. The number of ether oxygens (including phenoxy) is 1. The molecular weight excluding hydrogens is 468 g/mol. The molecule has 0 aromatic heterocycles. The van der Waals surface area contributed by atoms with E-state index < -0.39 is 34.7 Å². The summed E-state index contributed by atoms with van der Waals surface area (Å²) in [6, 6.07) is 12.1. The van der Waals surface area contributed by atoms with Gasteiger partial charge in [-0.05, 0) is 30.5 Å². The van der Waals surface area contributed by atoms with Crippen molar-refractivity contribution in [2.45, 2.75) is 68.6 Å². The predicted molar refractivity (Wildman–Crippen MR) is 138 cm³/mol. The molecule has 2 aromatic carbocycles. The van der Waals surface area contributed by atoms with Gasteiger partial charge in [0.2, 0.25) is 0 Å². The summed E-state index contributed by atoms with van der Waals surface area (Å²) in [5, 5.41) is 25.3. The quantitative estimate of drug-likeness (QED) is 0.265. The molecule has 0 aliphatic carbocycles. The molecule has 0 saturated carbocycles. The number of benzene rings is 2. The van der Waals surface area contributed by atoms with Gasteiger partial charge in [-0.2, -0.15) is 10.6 Å². The Labute approximate surface area is 209 Å². The Hall–Kier alpha value is -2.14. The Kier molecular flexibility index (Phi) is 9.20. The summed E-state index contributed by atoms with van der Waals surface area (Å²) in [6.07, 6.45) is 3.52. The van der Waals surface area contributed by atoms with E-state index in [-0.39, 0.29) is 18.3 Å². The van der Waals surface area contributed by atoms with Crippen molar-refractivity contribution in [1.82, 2.24) is 10.6 Å². The Morgan fingerprint density at radius 1 is 1.26 bits per heavy atom. The average molecular weight is 507 g/mol. The number of fused-ring (bicyclic) bond motifs is 1. The number of carboxylic acid groups (broad SMARTS) is 1. The summed E-state index contributed by atoms with van der Waals surface area (Å²) in [4.78, 5) is 11.8. The molecule has 194 valence electrons. The third kappa shape index (κ3) is 6.17. The first kappa shape index (κ1) is 27.4. The second kappa shape index (κ2) is 11.7. The number of nitrogens with one attached hydrogen (secondary N) is 2. The van der Waals surface area contributed by atoms with Crippen LogP contribution in [0.1, 0.15) is 62.3 Å². The molecule has 3 atom stereocenters. The standard InChI is InChI=1S/C26H38N2O6S/c1-4-6-12-26(5-2)17-35(32,33)23-13-19(15-27-21(16-29)25(30)31)22(34-3)14-20(23)24(28-26)18-10-8-7-9-11-18/h7-11,13-14,21,24,27-29,32-33H,4-6,12,15-17H2,1-3H3,(H,30,31)/t21-,24+,26+/m0/s1. The van der Waals surface area contributed by atoms with Gasteiger partial charge in [-0.25, -0.2) is 0 Å². The van der Waals surface area contributed by atoms with Crippen molar-refractivity contribution in [3.05, 3.63) is 59.2 Å². The van der Waals surface area contributed by atoms with E-state index in [1.165, 1.54) is 7.11 Å². The van der Waals surface area contributed by atoms with Crippen molar-refractivity contribution in [1.29, 1.82) is 0 Å². The fourth-order valence-electron chi connectivity index (χ4n) is 4.76. The Balaban J connectivity index is 2.15. The zero-order valence-corrected chi connectivity index (χ0v) is 21.5. The van der Waals surface area contributed by atoms with Crippen molar-refractivity contribution in [2.75, 3.05) is 19.5 Å². The molecule has 9 heteroatoms. The number of aliphatic hydroxyl groups excluding tert-OH is 1. The second-order valence-electron chi connectivity index (χ2n) is 9.19. The molecule has 2 aromatic rings. The van der Waals surface area contributed by atoms with Gasteiger partial charge in [0.05, 0.1) is 30.4 Å². The van der Waals surface area contributed by atoms with Gasteiger partial charge in [-0.15, -0.1) is 0 Å². The SMILES string of the molecule is CCCC[C@]1(CC)CS(O)(O)c2cc(CN[C@@H](CO)C(=O)O)c(OC)cc2[C@@H](c2ccccc2)N1. The van der Waals surface area contributed by atoms with E-state index in [0.29, 0.717) is 16.2 Å². The number of hydrogen-bond acceptors (Lipinski definition) is 7. The number of aliphatic carboxylic acids is 1. The van der Waals surface area contributed by atoms with Gasteiger partial charge < -0.3 is 14.9 Å². The van der Waals surface area contributed by atoms with Crippen LogP contribution in [-0.4, -0.2) is 56.3 Å². The first-order valence-electron chi connectivity index (χ1n) is 12.1. The lowest BCUT2D eigenvalue weighted by Gasteiger charge is -2.42. The van der Waals surface area contributed by atoms with Crippen molar-refractivity contribution in [3.8, 4) is 5.75 Å². The fraction of sp³-hybridized carbons (Fsp3) is 0.500. The zero-order chi connectivity index (χ0) is 25.6. The number of rotatable bonds is 11. The van der Waals surface area contributed by atoms with Crippen molar-refractivity contribution >= 4 is 16.6 Å². The largest absolute Gasteiger partial charge is 0.496 e. The van der Waals surface area contributed by atoms with Gasteiger partial charge in [-0.3, -0.25) is 24.5 Å². The summed E-state index contributed by atoms with van der Waals surface area (Å²) in [5.74, 6) is -0.461. The number of aliphatic hydroxyl groups is 1. The highest BCUT2D eigenvalue weighted by Crippen LogP contribution is 2.58. The van der Waals surface area contributed by atoms with Crippen LogP contribution >= 0.6 is 10.6 Å². The zero-order valence-electron chi connectivity index (χ0n) is 20.7. The first-order valence-corrected chi connectivity index (χ1v) is 13.8. The van der Waals surface area contributed by atoms with Gasteiger partial charge in [0.25, 0.3) is 0 Å². The summed E-state index contributed by atoms with van der Waals surface area (Å²) in [7, 11) is -1.66. The number of methoxy groups -OCH3 is 1. The van der Waals surface area contributed by atoms with Crippen LogP contribution in [-0.2, 0) is 11.3 Å². The normalized spacial score (nSPS) is 23.1. The Bertz CT molecular complexity index is 1000. The lowest BCUT2D eigenvalue weighted by Crippen LogP contribution is -2.49. The highest BCUT2D eigenvalue weighted by atomic mass is 32.3. The predicted octanol–water partition coefficient (Wildman–Crippen LogP) is 4.37. The summed E-state index contributed by atoms with van der Waals surface area (Å²) in [5.41, 5.74) is 1.88. The van der Waals surface area contributed by atoms with Crippen molar-refractivity contribution < 1.29 is 28.8 Å².